The number of ether oxygens (including phenoxy) is 1. The average Bonchev–Trinajstić information content (AvgIpc) is 2.66. The first-order valence-electron chi connectivity index (χ1n) is 5.17. The monoisotopic (exact) mass is 264 g/mol. The van der Waals surface area contributed by atoms with E-state index in [2.05, 4.69) is 9.68 Å². The van der Waals surface area contributed by atoms with Crippen molar-refractivity contribution in [1.82, 2.24) is 5.16 Å². The van der Waals surface area contributed by atoms with Crippen LogP contribution in [0, 0.1) is 18.3 Å². The molecule has 0 radical (unpaired) electrons. The van der Waals surface area contributed by atoms with Crippen molar-refractivity contribution in [3.63, 3.8) is 0 Å². The largest absolute Gasteiger partial charge is 0.453 e. The molecule has 0 aliphatic rings. The molecule has 0 bridgehead atoms. The molecule has 0 atom stereocenters. The minimum Gasteiger partial charge on any atom is -0.453 e. The Labute approximate surface area is 108 Å². The molecular weight excluding hydrogens is 252 g/mol. The molecule has 0 unspecified atom stereocenters. The van der Waals surface area contributed by atoms with E-state index in [0.717, 1.165) is 0 Å². The Hall–Kier alpha value is -2.82. The topological polar surface area (TPSA) is 145 Å². The number of anilines is 1. The van der Waals surface area contributed by atoms with Crippen LogP contribution in [0.15, 0.2) is 15.8 Å². The molecule has 0 aliphatic heterocycles. The lowest BCUT2D eigenvalue weighted by Gasteiger charge is -2.03. The molecule has 0 aromatic carbocycles. The lowest BCUT2D eigenvalue weighted by Crippen LogP contribution is -2.18. The number of carbonyl (C=O) groups is 2. The Morgan fingerprint density at radius 3 is 2.58 bits per heavy atom. The van der Waals surface area contributed by atoms with Gasteiger partial charge in [-0.15, -0.1) is 0 Å². The normalized spacial score (nSPS) is 11.4. The summed E-state index contributed by atoms with van der Waals surface area (Å²) in [5, 5.41) is 12.2. The van der Waals surface area contributed by atoms with Gasteiger partial charge in [-0.3, -0.25) is 4.79 Å². The summed E-state index contributed by atoms with van der Waals surface area (Å²) in [5.74, 6) is -1.74. The van der Waals surface area contributed by atoms with Gasteiger partial charge in [0.05, 0.1) is 5.69 Å². The molecule has 4 N–H and O–H groups in total. The summed E-state index contributed by atoms with van der Waals surface area (Å²) in [5.41, 5.74) is 10.8. The molecule has 0 aliphatic carbocycles. The lowest BCUT2D eigenvalue weighted by molar-refractivity contribution is -0.118. The first kappa shape index (κ1) is 14.2. The zero-order valence-corrected chi connectivity index (χ0v) is 10.4. The van der Waals surface area contributed by atoms with Gasteiger partial charge in [0, 0.05) is 5.70 Å². The van der Waals surface area contributed by atoms with E-state index in [9.17, 15) is 9.59 Å². The Morgan fingerprint density at radius 1 is 1.53 bits per heavy atom. The van der Waals surface area contributed by atoms with Crippen LogP contribution in [-0.2, 0) is 9.53 Å². The molecule has 1 aromatic heterocycles. The summed E-state index contributed by atoms with van der Waals surface area (Å²) >= 11 is 0. The van der Waals surface area contributed by atoms with E-state index in [1.165, 1.54) is 13.8 Å². The maximum atomic E-state index is 11.6. The molecule has 0 saturated heterocycles. The zero-order chi connectivity index (χ0) is 14.6. The van der Waals surface area contributed by atoms with Crippen molar-refractivity contribution < 1.29 is 18.8 Å². The fourth-order valence-electron chi connectivity index (χ4n) is 1.28. The predicted molar refractivity (Wildman–Crippen MR) is 63.4 cm³/mol. The van der Waals surface area contributed by atoms with E-state index >= 15 is 0 Å². The number of rotatable bonds is 4. The van der Waals surface area contributed by atoms with Crippen molar-refractivity contribution in [3.05, 3.63) is 22.5 Å². The average molecular weight is 264 g/mol. The molecule has 0 spiro atoms. The van der Waals surface area contributed by atoms with E-state index in [1.54, 1.807) is 6.07 Å². The molecule has 8 heteroatoms. The van der Waals surface area contributed by atoms with Crippen LogP contribution in [0.5, 0.6) is 0 Å². The van der Waals surface area contributed by atoms with Gasteiger partial charge in [0.25, 0.3) is 0 Å². The van der Waals surface area contributed by atoms with Crippen LogP contribution in [-0.4, -0.2) is 23.5 Å². The Balaban J connectivity index is 2.74. The van der Waals surface area contributed by atoms with Gasteiger partial charge in [-0.2, -0.15) is 5.26 Å². The lowest BCUT2D eigenvalue weighted by atomic mass is 10.1. The molecule has 1 rings (SSSR count). The van der Waals surface area contributed by atoms with Gasteiger partial charge >= 0.3 is 5.97 Å². The molecule has 0 saturated carbocycles. The Kier molecular flexibility index (Phi) is 4.26. The number of ketones is 1. The number of allylic oxidation sites excluding steroid dienone is 1. The van der Waals surface area contributed by atoms with Crippen molar-refractivity contribution in [1.29, 1.82) is 5.26 Å². The van der Waals surface area contributed by atoms with Crippen LogP contribution in [0.25, 0.3) is 0 Å². The number of nitrogens with zero attached hydrogens (tertiary/aromatic N) is 2. The SMILES string of the molecule is C/C(N)=C(/C#N)C(=O)COC(=O)c1c(C)noc1N. The smallest absolute Gasteiger partial charge is 0.346 e. The number of nitrogen functional groups attached to an aromatic ring is 1. The number of nitrogens with two attached hydrogens (primary N) is 2. The molecule has 8 nitrogen and oxygen atoms in total. The maximum Gasteiger partial charge on any atom is 0.346 e. The van der Waals surface area contributed by atoms with Crippen LogP contribution in [0.2, 0.25) is 0 Å². The molecule has 19 heavy (non-hydrogen) atoms. The van der Waals surface area contributed by atoms with E-state index in [1.807, 2.05) is 0 Å². The summed E-state index contributed by atoms with van der Waals surface area (Å²) in [4.78, 5) is 23.2. The second-order valence-electron chi connectivity index (χ2n) is 3.68. The van der Waals surface area contributed by atoms with Crippen LogP contribution in [0.3, 0.4) is 0 Å². The van der Waals surface area contributed by atoms with Crippen LogP contribution < -0.4 is 11.5 Å². The van der Waals surface area contributed by atoms with Crippen LogP contribution in [0.4, 0.5) is 5.88 Å². The second-order valence-corrected chi connectivity index (χ2v) is 3.68. The number of aryl methyl sites for hydroxylation is 1. The van der Waals surface area contributed by atoms with Gasteiger partial charge in [0.15, 0.2) is 6.61 Å². The number of nitriles is 1. The minimum absolute atomic E-state index is 0.0419. The third kappa shape index (κ3) is 3.10. The highest BCUT2D eigenvalue weighted by Crippen LogP contribution is 2.16. The summed E-state index contributed by atoms with van der Waals surface area (Å²) in [6, 6.07) is 1.64. The Bertz CT molecular complexity index is 571. The first-order chi connectivity index (χ1) is 8.88. The van der Waals surface area contributed by atoms with Gasteiger partial charge in [-0.25, -0.2) is 4.79 Å². The molecule has 100 valence electrons. The maximum absolute atomic E-state index is 11.6. The standard InChI is InChI=1S/C11H12N4O4/c1-5(13)7(3-12)8(16)4-18-11(17)9-6(2)15-19-10(9)14/h4,13-14H2,1-2H3/b7-5+. The summed E-state index contributed by atoms with van der Waals surface area (Å²) < 4.78 is 9.32. The van der Waals surface area contributed by atoms with Crippen molar-refractivity contribution in [2.24, 2.45) is 5.73 Å². The number of esters is 1. The van der Waals surface area contributed by atoms with Gasteiger partial charge in [0.2, 0.25) is 11.7 Å². The van der Waals surface area contributed by atoms with Crippen molar-refractivity contribution in [2.45, 2.75) is 13.8 Å². The van der Waals surface area contributed by atoms with Gasteiger partial charge in [-0.05, 0) is 13.8 Å². The molecule has 0 fully saturated rings. The minimum atomic E-state index is -0.850. The number of hydrogen-bond acceptors (Lipinski definition) is 8. The van der Waals surface area contributed by atoms with Gasteiger partial charge in [0.1, 0.15) is 17.2 Å². The number of hydrogen-bond donors (Lipinski definition) is 2. The predicted octanol–water partition coefficient (Wildman–Crippen LogP) is 0.0474. The van der Waals surface area contributed by atoms with Gasteiger partial charge < -0.3 is 20.7 Å². The Morgan fingerprint density at radius 2 is 2.16 bits per heavy atom. The fraction of sp³-hybridized carbons (Fsp3) is 0.273. The number of carbonyl (C=O) groups excluding carboxylic acids is 2. The molecule has 0 amide bonds. The third-order valence-electron chi connectivity index (χ3n) is 2.21. The highest BCUT2D eigenvalue weighted by Gasteiger charge is 2.22. The van der Waals surface area contributed by atoms with Crippen molar-refractivity contribution >= 4 is 17.6 Å². The number of Topliss-reactive ketones (excluding diaryl/α,β-unsaturated/α-hetero) is 1. The molecule has 1 heterocycles. The molecular formula is C11H12N4O4. The third-order valence-corrected chi connectivity index (χ3v) is 2.21. The van der Waals surface area contributed by atoms with Gasteiger partial charge in [-0.1, -0.05) is 5.16 Å². The first-order valence-corrected chi connectivity index (χ1v) is 5.17. The van der Waals surface area contributed by atoms with Crippen molar-refractivity contribution in [3.8, 4) is 6.07 Å². The second kappa shape index (κ2) is 5.68. The van der Waals surface area contributed by atoms with Crippen LogP contribution in [0.1, 0.15) is 23.0 Å². The van der Waals surface area contributed by atoms with E-state index in [4.69, 9.17) is 21.5 Å². The van der Waals surface area contributed by atoms with Crippen LogP contribution >= 0.6 is 0 Å². The molecule has 1 aromatic rings. The van der Waals surface area contributed by atoms with E-state index < -0.39 is 18.4 Å². The van der Waals surface area contributed by atoms with Crippen molar-refractivity contribution in [2.75, 3.05) is 12.3 Å². The summed E-state index contributed by atoms with van der Waals surface area (Å²) in [6.45, 7) is 2.30. The highest BCUT2D eigenvalue weighted by molar-refractivity contribution is 6.02. The highest BCUT2D eigenvalue weighted by atomic mass is 16.5. The number of aromatic nitrogens is 1. The summed E-state index contributed by atoms with van der Waals surface area (Å²) in [6.07, 6.45) is 0. The van der Waals surface area contributed by atoms with E-state index in [0.29, 0.717) is 0 Å². The zero-order valence-electron chi connectivity index (χ0n) is 10.4. The quantitative estimate of drug-likeness (QED) is 0.440. The summed E-state index contributed by atoms with van der Waals surface area (Å²) in [7, 11) is 0. The van der Waals surface area contributed by atoms with E-state index in [-0.39, 0.29) is 28.4 Å². The fourth-order valence-corrected chi connectivity index (χ4v) is 1.28.